The van der Waals surface area contributed by atoms with Crippen LogP contribution in [0.1, 0.15) is 44.4 Å². The molecule has 1 aliphatic heterocycles. The number of aliphatic carboxylic acids is 1. The Morgan fingerprint density at radius 3 is 2.50 bits per heavy atom. The number of carbonyl (C=O) groups excluding carboxylic acids is 1. The summed E-state index contributed by atoms with van der Waals surface area (Å²) in [5.74, 6) is -3.23. The van der Waals surface area contributed by atoms with E-state index < -0.39 is 47.7 Å². The first-order valence-corrected chi connectivity index (χ1v) is 11.5. The zero-order chi connectivity index (χ0) is 25.4. The number of rotatable bonds is 5. The van der Waals surface area contributed by atoms with Gasteiger partial charge in [-0.2, -0.15) is 0 Å². The summed E-state index contributed by atoms with van der Waals surface area (Å²) < 4.78 is 30.7. The van der Waals surface area contributed by atoms with E-state index in [4.69, 9.17) is 34.0 Å². The summed E-state index contributed by atoms with van der Waals surface area (Å²) in [6.45, 7) is 5.34. The molecule has 1 fully saturated rings. The molecule has 1 heterocycles. The minimum Gasteiger partial charge on any atom is -0.480 e. The number of urea groups is 1. The number of halogens is 4. The second-order valence-corrected chi connectivity index (χ2v) is 10.6. The van der Waals surface area contributed by atoms with Crippen molar-refractivity contribution in [2.24, 2.45) is 17.1 Å². The molecule has 2 aromatic carbocycles. The van der Waals surface area contributed by atoms with Crippen LogP contribution in [0.15, 0.2) is 36.4 Å². The summed E-state index contributed by atoms with van der Waals surface area (Å²) >= 11 is 12.0. The number of nitrogens with zero attached hydrogens (tertiary/aromatic N) is 1. The van der Waals surface area contributed by atoms with Crippen molar-refractivity contribution < 1.29 is 23.5 Å². The summed E-state index contributed by atoms with van der Waals surface area (Å²) in [4.78, 5) is 25.4. The van der Waals surface area contributed by atoms with Gasteiger partial charge in [0.25, 0.3) is 0 Å². The quantitative estimate of drug-likeness (QED) is 0.503. The number of amides is 2. The van der Waals surface area contributed by atoms with Crippen molar-refractivity contribution in [3.8, 4) is 0 Å². The lowest BCUT2D eigenvalue weighted by atomic mass is 9.69. The van der Waals surface area contributed by atoms with E-state index in [1.165, 1.54) is 35.2 Å². The standard InChI is InChI=1S/C24H27Cl2F2N3O3/c1-23(2,3)10-13-12-31(22(34)30-11-19(32)33)21(15-5-4-6-17(26)20(15)28)24(13,29)16-8-7-14(25)9-18(16)27/h4-9,13,21H,10-12,29H2,1-3H3,(H,30,34)(H,32,33)/t13-,21-,24+/m1/s1. The Labute approximate surface area is 207 Å². The van der Waals surface area contributed by atoms with Crippen molar-refractivity contribution in [2.75, 3.05) is 13.1 Å². The number of carboxylic acid groups (broad SMARTS) is 1. The zero-order valence-corrected chi connectivity index (χ0v) is 20.6. The van der Waals surface area contributed by atoms with Gasteiger partial charge < -0.3 is 21.1 Å². The van der Waals surface area contributed by atoms with Gasteiger partial charge in [-0.05, 0) is 30.0 Å². The van der Waals surface area contributed by atoms with Crippen molar-refractivity contribution >= 4 is 35.2 Å². The number of benzene rings is 2. The van der Waals surface area contributed by atoms with Gasteiger partial charge in [0, 0.05) is 28.6 Å². The summed E-state index contributed by atoms with van der Waals surface area (Å²) in [7, 11) is 0. The highest BCUT2D eigenvalue weighted by Crippen LogP contribution is 2.53. The monoisotopic (exact) mass is 513 g/mol. The number of hydrogen-bond acceptors (Lipinski definition) is 3. The Hall–Kier alpha value is -2.42. The topological polar surface area (TPSA) is 95.7 Å². The van der Waals surface area contributed by atoms with Gasteiger partial charge in [0.2, 0.25) is 0 Å². The van der Waals surface area contributed by atoms with E-state index in [1.54, 1.807) is 0 Å². The third-order valence-corrected chi connectivity index (χ3v) is 6.57. The van der Waals surface area contributed by atoms with Crippen LogP contribution in [-0.2, 0) is 10.3 Å². The maximum absolute atomic E-state index is 15.3. The fourth-order valence-corrected chi connectivity index (χ4v) is 5.11. The van der Waals surface area contributed by atoms with Gasteiger partial charge in [0.15, 0.2) is 0 Å². The average Bonchev–Trinajstić information content (AvgIpc) is 2.99. The summed E-state index contributed by atoms with van der Waals surface area (Å²) in [5, 5.41) is 11.3. The van der Waals surface area contributed by atoms with E-state index in [2.05, 4.69) is 5.32 Å². The van der Waals surface area contributed by atoms with E-state index in [-0.39, 0.29) is 33.1 Å². The van der Waals surface area contributed by atoms with E-state index in [0.29, 0.717) is 6.42 Å². The SMILES string of the molecule is CC(C)(C)C[C@@H]1CN(C(=O)NCC(=O)O)[C@H](c2cccc(Cl)c2F)[C@@]1(N)c1ccc(Cl)cc1F. The first-order valence-electron chi connectivity index (χ1n) is 10.7. The molecule has 0 saturated carbocycles. The summed E-state index contributed by atoms with van der Waals surface area (Å²) in [5.41, 5.74) is 5.26. The molecule has 6 nitrogen and oxygen atoms in total. The van der Waals surface area contributed by atoms with E-state index >= 15 is 8.78 Å². The highest BCUT2D eigenvalue weighted by Gasteiger charge is 2.57. The van der Waals surface area contributed by atoms with Gasteiger partial charge in [-0.1, -0.05) is 62.2 Å². The molecule has 0 aromatic heterocycles. The van der Waals surface area contributed by atoms with Crippen LogP contribution in [0.3, 0.4) is 0 Å². The maximum Gasteiger partial charge on any atom is 0.323 e. The van der Waals surface area contributed by atoms with E-state index in [1.807, 2.05) is 20.8 Å². The van der Waals surface area contributed by atoms with Crippen molar-refractivity contribution in [3.05, 3.63) is 69.2 Å². The molecular weight excluding hydrogens is 487 g/mol. The number of carbonyl (C=O) groups is 2. The molecule has 1 aliphatic rings. The number of nitrogens with one attached hydrogen (secondary N) is 1. The largest absolute Gasteiger partial charge is 0.480 e. The molecule has 2 amide bonds. The van der Waals surface area contributed by atoms with Crippen LogP contribution in [0, 0.1) is 23.0 Å². The highest BCUT2D eigenvalue weighted by atomic mass is 35.5. The van der Waals surface area contributed by atoms with Gasteiger partial charge in [-0.15, -0.1) is 0 Å². The van der Waals surface area contributed by atoms with Crippen LogP contribution in [0.4, 0.5) is 13.6 Å². The lowest BCUT2D eigenvalue weighted by molar-refractivity contribution is -0.135. The molecule has 0 aliphatic carbocycles. The van der Waals surface area contributed by atoms with Crippen molar-refractivity contribution in [1.82, 2.24) is 10.2 Å². The van der Waals surface area contributed by atoms with Crippen molar-refractivity contribution in [1.29, 1.82) is 0 Å². The molecule has 0 radical (unpaired) electrons. The van der Waals surface area contributed by atoms with Gasteiger partial charge >= 0.3 is 12.0 Å². The fraction of sp³-hybridized carbons (Fsp3) is 0.417. The van der Waals surface area contributed by atoms with Crippen molar-refractivity contribution in [3.63, 3.8) is 0 Å². The molecule has 2 aromatic rings. The molecule has 4 N–H and O–H groups in total. The minimum atomic E-state index is -1.58. The molecule has 3 atom stereocenters. The van der Waals surface area contributed by atoms with E-state index in [0.717, 1.165) is 6.07 Å². The lowest BCUT2D eigenvalue weighted by Crippen LogP contribution is -2.50. The van der Waals surface area contributed by atoms with Gasteiger partial charge in [-0.25, -0.2) is 13.6 Å². The van der Waals surface area contributed by atoms with Gasteiger partial charge in [-0.3, -0.25) is 4.79 Å². The highest BCUT2D eigenvalue weighted by molar-refractivity contribution is 6.31. The molecule has 0 unspecified atom stereocenters. The Kier molecular flexibility index (Phi) is 7.45. The van der Waals surface area contributed by atoms with Crippen LogP contribution in [0.2, 0.25) is 10.0 Å². The molecule has 3 rings (SSSR count). The predicted octanol–water partition coefficient (Wildman–Crippen LogP) is 5.33. The average molecular weight is 514 g/mol. The Morgan fingerprint density at radius 2 is 1.91 bits per heavy atom. The molecule has 10 heteroatoms. The van der Waals surface area contributed by atoms with Crippen LogP contribution < -0.4 is 11.1 Å². The third-order valence-electron chi connectivity index (χ3n) is 6.04. The fourth-order valence-electron chi connectivity index (χ4n) is 4.77. The molecule has 0 bridgehead atoms. The van der Waals surface area contributed by atoms with Crippen LogP contribution in [0.5, 0.6) is 0 Å². The number of carboxylic acids is 1. The molecule has 1 saturated heterocycles. The van der Waals surface area contributed by atoms with Crippen LogP contribution in [-0.4, -0.2) is 35.1 Å². The maximum atomic E-state index is 15.3. The summed E-state index contributed by atoms with van der Waals surface area (Å²) in [6, 6.07) is 6.44. The van der Waals surface area contributed by atoms with Gasteiger partial charge in [0.05, 0.1) is 16.6 Å². The second-order valence-electron chi connectivity index (χ2n) is 9.77. The Morgan fingerprint density at radius 1 is 1.24 bits per heavy atom. The molecular formula is C24H27Cl2F2N3O3. The molecule has 34 heavy (non-hydrogen) atoms. The smallest absolute Gasteiger partial charge is 0.323 e. The second kappa shape index (κ2) is 9.68. The normalized spacial score (nSPS) is 22.6. The predicted molar refractivity (Wildman–Crippen MR) is 127 cm³/mol. The number of likely N-dealkylation sites (tertiary alicyclic amines) is 1. The number of nitrogens with two attached hydrogens (primary N) is 1. The Balaban J connectivity index is 2.26. The third kappa shape index (κ3) is 5.14. The number of hydrogen-bond donors (Lipinski definition) is 3. The molecule has 184 valence electrons. The minimum absolute atomic E-state index is 0.00577. The van der Waals surface area contributed by atoms with Crippen molar-refractivity contribution in [2.45, 2.75) is 38.8 Å². The van der Waals surface area contributed by atoms with Gasteiger partial charge in [0.1, 0.15) is 18.2 Å². The van der Waals surface area contributed by atoms with Crippen LogP contribution >= 0.6 is 23.2 Å². The summed E-state index contributed by atoms with van der Waals surface area (Å²) in [6.07, 6.45) is 0.465. The Bertz CT molecular complexity index is 1110. The zero-order valence-electron chi connectivity index (χ0n) is 19.0. The lowest BCUT2D eigenvalue weighted by Gasteiger charge is -2.40. The first-order chi connectivity index (χ1) is 15.8. The van der Waals surface area contributed by atoms with E-state index in [9.17, 15) is 9.59 Å². The van der Waals surface area contributed by atoms with Crippen LogP contribution in [0.25, 0.3) is 0 Å². The first kappa shape index (κ1) is 26.2. The molecule has 0 spiro atoms.